The second kappa shape index (κ2) is 8.62. The fraction of sp³-hybridized carbons (Fsp3) is 0.167. The lowest BCUT2D eigenvalue weighted by Gasteiger charge is -2.19. The Balaban J connectivity index is 2.39. The predicted molar refractivity (Wildman–Crippen MR) is 107 cm³/mol. The number of nitrogens with zero attached hydrogens (tertiary/aromatic N) is 1. The summed E-state index contributed by atoms with van der Waals surface area (Å²) < 4.78 is 0.871. The Labute approximate surface area is 159 Å². The normalized spacial score (nSPS) is 10.8. The highest BCUT2D eigenvalue weighted by Gasteiger charge is 2.23. The van der Waals surface area contributed by atoms with Crippen LogP contribution in [0.2, 0.25) is 5.02 Å². The highest BCUT2D eigenvalue weighted by atomic mass is 79.9. The van der Waals surface area contributed by atoms with E-state index >= 15 is 0 Å². The largest absolute Gasteiger partial charge is 0.390 e. The minimum atomic E-state index is -0.0988. The Hall–Kier alpha value is -1.40. The smallest absolute Gasteiger partial charge is 0.196 e. The summed E-state index contributed by atoms with van der Waals surface area (Å²) in [6, 6.07) is 6.83. The third kappa shape index (κ3) is 4.36. The van der Waals surface area contributed by atoms with Crippen molar-refractivity contribution in [2.45, 2.75) is 6.54 Å². The first-order valence-corrected chi connectivity index (χ1v) is 9.27. The summed E-state index contributed by atoms with van der Waals surface area (Å²) in [6.07, 6.45) is 3.65. The van der Waals surface area contributed by atoms with Crippen LogP contribution in [0.5, 0.6) is 0 Å². The summed E-state index contributed by atoms with van der Waals surface area (Å²) in [4.78, 5) is 15.0. The number of carbonyl (C=O) groups excluding carboxylic acids is 1. The molecule has 0 unspecified atom stereocenters. The number of benzene rings is 1. The van der Waals surface area contributed by atoms with Crippen LogP contribution in [0.25, 0.3) is 0 Å². The standard InChI is InChI=1S/C18H18BrClN2OS/c1-3-9-22(10-4-2)11-14-15(18(21)24-17(14)19)16(23)12-5-7-13(20)8-6-12/h3-8H,1-2,9-11,21H2. The average Bonchev–Trinajstić information content (AvgIpc) is 2.82. The minimum absolute atomic E-state index is 0.0988. The number of anilines is 1. The van der Waals surface area contributed by atoms with Crippen molar-refractivity contribution in [2.24, 2.45) is 0 Å². The molecule has 1 aromatic heterocycles. The van der Waals surface area contributed by atoms with Gasteiger partial charge in [-0.25, -0.2) is 0 Å². The molecule has 0 fully saturated rings. The lowest BCUT2D eigenvalue weighted by molar-refractivity contribution is 0.103. The molecule has 0 aliphatic carbocycles. The minimum Gasteiger partial charge on any atom is -0.390 e. The second-order valence-electron chi connectivity index (χ2n) is 5.20. The molecule has 0 atom stereocenters. The summed E-state index contributed by atoms with van der Waals surface area (Å²) >= 11 is 10.8. The molecule has 1 aromatic carbocycles. The first kappa shape index (κ1) is 18.9. The van der Waals surface area contributed by atoms with E-state index in [4.69, 9.17) is 17.3 Å². The maximum atomic E-state index is 12.9. The molecule has 0 saturated carbocycles. The number of rotatable bonds is 8. The zero-order valence-corrected chi connectivity index (χ0v) is 16.3. The summed E-state index contributed by atoms with van der Waals surface area (Å²) in [5.41, 5.74) is 8.12. The summed E-state index contributed by atoms with van der Waals surface area (Å²) in [5.74, 6) is -0.0988. The maximum Gasteiger partial charge on any atom is 0.196 e. The van der Waals surface area contributed by atoms with E-state index < -0.39 is 0 Å². The van der Waals surface area contributed by atoms with Crippen LogP contribution in [0.3, 0.4) is 0 Å². The number of hydrogen-bond donors (Lipinski definition) is 1. The first-order valence-electron chi connectivity index (χ1n) is 7.29. The van der Waals surface area contributed by atoms with E-state index in [1.165, 1.54) is 11.3 Å². The molecule has 0 saturated heterocycles. The van der Waals surface area contributed by atoms with Gasteiger partial charge in [-0.3, -0.25) is 9.69 Å². The summed E-state index contributed by atoms with van der Waals surface area (Å²) in [7, 11) is 0. The van der Waals surface area contributed by atoms with Crippen LogP contribution in [0.4, 0.5) is 5.00 Å². The molecule has 24 heavy (non-hydrogen) atoms. The molecule has 0 bridgehead atoms. The van der Waals surface area contributed by atoms with Gasteiger partial charge in [0, 0.05) is 35.8 Å². The molecule has 1 heterocycles. The molecule has 0 amide bonds. The van der Waals surface area contributed by atoms with Crippen molar-refractivity contribution in [3.05, 3.63) is 75.1 Å². The number of nitrogens with two attached hydrogens (primary N) is 1. The fourth-order valence-corrected chi connectivity index (χ4v) is 4.16. The molecule has 2 N–H and O–H groups in total. The molecule has 126 valence electrons. The number of nitrogen functional groups attached to an aromatic ring is 1. The number of halogens is 2. The number of thiophene rings is 1. The monoisotopic (exact) mass is 424 g/mol. The van der Waals surface area contributed by atoms with Gasteiger partial charge in [0.1, 0.15) is 0 Å². The number of hydrogen-bond acceptors (Lipinski definition) is 4. The molecule has 0 radical (unpaired) electrons. The van der Waals surface area contributed by atoms with E-state index in [0.29, 0.717) is 40.8 Å². The molecule has 0 aliphatic heterocycles. The summed E-state index contributed by atoms with van der Waals surface area (Å²) in [5, 5.41) is 1.10. The van der Waals surface area contributed by atoms with Crippen molar-refractivity contribution in [1.82, 2.24) is 4.90 Å². The van der Waals surface area contributed by atoms with Crippen LogP contribution in [-0.4, -0.2) is 23.8 Å². The van der Waals surface area contributed by atoms with E-state index in [9.17, 15) is 4.79 Å². The lowest BCUT2D eigenvalue weighted by Crippen LogP contribution is -2.24. The van der Waals surface area contributed by atoms with Crippen LogP contribution in [-0.2, 0) is 6.54 Å². The molecular formula is C18H18BrClN2OS. The maximum absolute atomic E-state index is 12.9. The Bertz CT molecular complexity index is 745. The van der Waals surface area contributed by atoms with Gasteiger partial charge in [0.15, 0.2) is 5.78 Å². The van der Waals surface area contributed by atoms with Crippen LogP contribution < -0.4 is 5.73 Å². The molecule has 2 rings (SSSR count). The molecule has 3 nitrogen and oxygen atoms in total. The molecule has 0 aliphatic rings. The van der Waals surface area contributed by atoms with E-state index in [1.54, 1.807) is 24.3 Å². The lowest BCUT2D eigenvalue weighted by atomic mass is 10.0. The van der Waals surface area contributed by atoms with Gasteiger partial charge in [-0.1, -0.05) is 23.8 Å². The number of carbonyl (C=O) groups is 1. The van der Waals surface area contributed by atoms with Crippen LogP contribution in [0.15, 0.2) is 53.4 Å². The molecule has 2 aromatic rings. The molecule has 6 heteroatoms. The third-order valence-corrected chi connectivity index (χ3v) is 5.54. The first-order chi connectivity index (χ1) is 11.5. The van der Waals surface area contributed by atoms with Gasteiger partial charge in [0.2, 0.25) is 0 Å². The van der Waals surface area contributed by atoms with Gasteiger partial charge in [-0.2, -0.15) is 0 Å². The second-order valence-corrected chi connectivity index (χ2v) is 8.01. The van der Waals surface area contributed by atoms with E-state index in [0.717, 1.165) is 9.35 Å². The van der Waals surface area contributed by atoms with Crippen LogP contribution in [0, 0.1) is 0 Å². The van der Waals surface area contributed by atoms with Crippen LogP contribution >= 0.6 is 38.9 Å². The van der Waals surface area contributed by atoms with Gasteiger partial charge < -0.3 is 5.73 Å². The average molecular weight is 426 g/mol. The molecule has 0 spiro atoms. The van der Waals surface area contributed by atoms with Crippen molar-refractivity contribution in [2.75, 3.05) is 18.8 Å². The van der Waals surface area contributed by atoms with Crippen molar-refractivity contribution in [3.8, 4) is 0 Å². The number of ketones is 1. The van der Waals surface area contributed by atoms with Crippen molar-refractivity contribution >= 4 is 49.7 Å². The topological polar surface area (TPSA) is 46.3 Å². The van der Waals surface area contributed by atoms with Crippen molar-refractivity contribution in [1.29, 1.82) is 0 Å². The van der Waals surface area contributed by atoms with E-state index in [1.807, 2.05) is 12.2 Å². The fourth-order valence-electron chi connectivity index (χ4n) is 2.38. The van der Waals surface area contributed by atoms with E-state index in [-0.39, 0.29) is 5.78 Å². The van der Waals surface area contributed by atoms with Gasteiger partial charge in [-0.15, -0.1) is 24.5 Å². The Morgan fingerprint density at radius 3 is 2.38 bits per heavy atom. The zero-order valence-electron chi connectivity index (χ0n) is 13.1. The van der Waals surface area contributed by atoms with Gasteiger partial charge >= 0.3 is 0 Å². The van der Waals surface area contributed by atoms with Crippen LogP contribution in [0.1, 0.15) is 21.5 Å². The molecular weight excluding hydrogens is 408 g/mol. The van der Waals surface area contributed by atoms with Gasteiger partial charge in [0.25, 0.3) is 0 Å². The van der Waals surface area contributed by atoms with Crippen molar-refractivity contribution in [3.63, 3.8) is 0 Å². The highest BCUT2D eigenvalue weighted by molar-refractivity contribution is 9.11. The Morgan fingerprint density at radius 1 is 1.25 bits per heavy atom. The van der Waals surface area contributed by atoms with Gasteiger partial charge in [0.05, 0.1) is 14.4 Å². The summed E-state index contributed by atoms with van der Waals surface area (Å²) in [6.45, 7) is 9.53. The van der Waals surface area contributed by atoms with Crippen molar-refractivity contribution < 1.29 is 4.79 Å². The highest BCUT2D eigenvalue weighted by Crippen LogP contribution is 2.37. The quantitative estimate of drug-likeness (QED) is 0.470. The Morgan fingerprint density at radius 2 is 1.83 bits per heavy atom. The third-order valence-electron chi connectivity index (χ3n) is 3.47. The van der Waals surface area contributed by atoms with E-state index in [2.05, 4.69) is 34.0 Å². The predicted octanol–water partition coefficient (Wildman–Crippen LogP) is 5.15. The Kier molecular flexibility index (Phi) is 6.80. The zero-order chi connectivity index (χ0) is 17.7. The SMILES string of the molecule is C=CCN(CC=C)Cc1c(Br)sc(N)c1C(=O)c1ccc(Cl)cc1. The van der Waals surface area contributed by atoms with Gasteiger partial charge in [-0.05, 0) is 40.2 Å².